The van der Waals surface area contributed by atoms with E-state index in [1.165, 1.54) is 0 Å². The molecule has 2 aromatic heterocycles. The average molecular weight is 423 g/mol. The van der Waals surface area contributed by atoms with Crippen LogP contribution in [0.3, 0.4) is 0 Å². The number of ether oxygens (including phenoxy) is 1. The van der Waals surface area contributed by atoms with E-state index in [0.29, 0.717) is 37.2 Å². The van der Waals surface area contributed by atoms with Gasteiger partial charge >= 0.3 is 5.97 Å². The summed E-state index contributed by atoms with van der Waals surface area (Å²) in [5.74, 6) is 0.853. The second kappa shape index (κ2) is 9.67. The zero-order chi connectivity index (χ0) is 21.6. The van der Waals surface area contributed by atoms with Crippen molar-refractivity contribution in [2.45, 2.75) is 25.4 Å². The van der Waals surface area contributed by atoms with Crippen LogP contribution in [0.1, 0.15) is 40.7 Å². The van der Waals surface area contributed by atoms with E-state index < -0.39 is 5.97 Å². The average Bonchev–Trinajstić information content (AvgIpc) is 3.44. The molecule has 4 rings (SSSR count). The summed E-state index contributed by atoms with van der Waals surface area (Å²) in [6.45, 7) is 2.80. The summed E-state index contributed by atoms with van der Waals surface area (Å²) in [5.41, 5.74) is 2.12. The Morgan fingerprint density at radius 1 is 1.32 bits per heavy atom. The molecule has 1 aromatic carbocycles. The van der Waals surface area contributed by atoms with Gasteiger partial charge in [0.2, 0.25) is 11.7 Å². The lowest BCUT2D eigenvalue weighted by molar-refractivity contribution is 0.0697. The number of likely N-dealkylation sites (tertiary alicyclic amines) is 1. The van der Waals surface area contributed by atoms with Crippen molar-refractivity contribution in [3.8, 4) is 11.4 Å². The number of aromatic carboxylic acids is 1. The highest BCUT2D eigenvalue weighted by Crippen LogP contribution is 2.34. The molecule has 0 aliphatic carbocycles. The fourth-order valence-electron chi connectivity index (χ4n) is 3.76. The van der Waals surface area contributed by atoms with Crippen molar-refractivity contribution < 1.29 is 19.2 Å². The number of anilines is 1. The SMILES string of the molecule is COCCNc1ncccc1-c1noc([C@H]2CCCN2Cc2ccc(C(=O)O)cc2)n1. The first kappa shape index (κ1) is 21.0. The predicted octanol–water partition coefficient (Wildman–Crippen LogP) is 3.23. The number of hydrogen-bond acceptors (Lipinski definition) is 8. The smallest absolute Gasteiger partial charge is 0.335 e. The van der Waals surface area contributed by atoms with E-state index in [2.05, 4.69) is 25.3 Å². The number of carboxylic acids is 1. The molecule has 2 N–H and O–H groups in total. The maximum Gasteiger partial charge on any atom is 0.335 e. The quantitative estimate of drug-likeness (QED) is 0.501. The fourth-order valence-corrected chi connectivity index (χ4v) is 3.76. The summed E-state index contributed by atoms with van der Waals surface area (Å²) in [6.07, 6.45) is 3.68. The number of nitrogens with one attached hydrogen (secondary N) is 1. The van der Waals surface area contributed by atoms with E-state index in [0.717, 1.165) is 30.5 Å². The van der Waals surface area contributed by atoms with Gasteiger partial charge in [-0.2, -0.15) is 4.98 Å². The molecule has 0 radical (unpaired) electrons. The minimum absolute atomic E-state index is 0.0296. The van der Waals surface area contributed by atoms with Gasteiger partial charge in [-0.05, 0) is 49.2 Å². The molecule has 31 heavy (non-hydrogen) atoms. The Hall–Kier alpha value is -3.30. The third kappa shape index (κ3) is 4.89. The zero-order valence-electron chi connectivity index (χ0n) is 17.3. The molecule has 0 saturated carbocycles. The molecule has 1 saturated heterocycles. The Labute approximate surface area is 180 Å². The van der Waals surface area contributed by atoms with Gasteiger partial charge in [-0.3, -0.25) is 4.90 Å². The molecule has 1 atom stereocenters. The Kier molecular flexibility index (Phi) is 6.54. The molecule has 1 aliphatic rings. The number of nitrogens with zero attached hydrogens (tertiary/aromatic N) is 4. The predicted molar refractivity (Wildman–Crippen MR) is 114 cm³/mol. The van der Waals surface area contributed by atoms with Crippen LogP contribution in [-0.2, 0) is 11.3 Å². The van der Waals surface area contributed by atoms with Crippen molar-refractivity contribution in [1.29, 1.82) is 0 Å². The minimum Gasteiger partial charge on any atom is -0.478 e. The Morgan fingerprint density at radius 2 is 2.16 bits per heavy atom. The standard InChI is InChI=1S/C22H25N5O4/c1-30-13-11-24-19-17(4-2-10-23-19)20-25-21(31-26-20)18-5-3-12-27(18)14-15-6-8-16(9-7-15)22(28)29/h2,4,6-10,18H,3,5,11-14H2,1H3,(H,23,24)(H,28,29)/t18-/m1/s1. The molecule has 3 aromatic rings. The van der Waals surface area contributed by atoms with Gasteiger partial charge in [0, 0.05) is 26.4 Å². The molecule has 3 heterocycles. The molecule has 0 spiro atoms. The van der Waals surface area contributed by atoms with E-state index in [4.69, 9.17) is 14.4 Å². The van der Waals surface area contributed by atoms with Crippen LogP contribution in [0.15, 0.2) is 47.1 Å². The van der Waals surface area contributed by atoms with Crippen LogP contribution in [0, 0.1) is 0 Å². The minimum atomic E-state index is -0.921. The van der Waals surface area contributed by atoms with Crippen LogP contribution < -0.4 is 5.32 Å². The monoisotopic (exact) mass is 423 g/mol. The van der Waals surface area contributed by atoms with Gasteiger partial charge in [0.05, 0.1) is 23.8 Å². The highest BCUT2D eigenvalue weighted by atomic mass is 16.5. The topological polar surface area (TPSA) is 114 Å². The van der Waals surface area contributed by atoms with Gasteiger partial charge in [-0.15, -0.1) is 0 Å². The molecule has 0 amide bonds. The third-order valence-electron chi connectivity index (χ3n) is 5.32. The fraction of sp³-hybridized carbons (Fsp3) is 0.364. The number of benzene rings is 1. The van der Waals surface area contributed by atoms with Gasteiger partial charge in [0.25, 0.3) is 0 Å². The second-order valence-corrected chi connectivity index (χ2v) is 7.41. The zero-order valence-corrected chi connectivity index (χ0v) is 17.3. The van der Waals surface area contributed by atoms with Crippen molar-refractivity contribution >= 4 is 11.8 Å². The number of carbonyl (C=O) groups is 1. The molecule has 0 unspecified atom stereocenters. The number of methoxy groups -OCH3 is 1. The van der Waals surface area contributed by atoms with Gasteiger partial charge in [-0.1, -0.05) is 17.3 Å². The molecular formula is C22H25N5O4. The van der Waals surface area contributed by atoms with E-state index in [1.807, 2.05) is 24.3 Å². The maximum absolute atomic E-state index is 11.1. The lowest BCUT2D eigenvalue weighted by atomic mass is 10.1. The van der Waals surface area contributed by atoms with Crippen LogP contribution in [-0.4, -0.2) is 57.9 Å². The number of carboxylic acid groups (broad SMARTS) is 1. The first-order valence-corrected chi connectivity index (χ1v) is 10.2. The van der Waals surface area contributed by atoms with Crippen LogP contribution in [0.4, 0.5) is 5.82 Å². The van der Waals surface area contributed by atoms with Crippen LogP contribution in [0.25, 0.3) is 11.4 Å². The number of aromatic nitrogens is 3. The first-order valence-electron chi connectivity index (χ1n) is 10.2. The summed E-state index contributed by atoms with van der Waals surface area (Å²) in [4.78, 5) is 22.4. The van der Waals surface area contributed by atoms with Gasteiger partial charge < -0.3 is 19.7 Å². The normalized spacial score (nSPS) is 16.5. The van der Waals surface area contributed by atoms with Crippen molar-refractivity contribution in [2.75, 3.05) is 32.1 Å². The summed E-state index contributed by atoms with van der Waals surface area (Å²) in [7, 11) is 1.65. The number of rotatable bonds is 9. The first-order chi connectivity index (χ1) is 15.2. The van der Waals surface area contributed by atoms with Gasteiger partial charge in [-0.25, -0.2) is 9.78 Å². The molecule has 1 aliphatic heterocycles. The number of hydrogen-bond donors (Lipinski definition) is 2. The van der Waals surface area contributed by atoms with E-state index in [1.54, 1.807) is 25.4 Å². The van der Waals surface area contributed by atoms with Crippen molar-refractivity contribution in [3.63, 3.8) is 0 Å². The highest BCUT2D eigenvalue weighted by Gasteiger charge is 2.31. The van der Waals surface area contributed by atoms with E-state index >= 15 is 0 Å². The summed E-state index contributed by atoms with van der Waals surface area (Å²) < 4.78 is 10.7. The highest BCUT2D eigenvalue weighted by molar-refractivity contribution is 5.87. The Balaban J connectivity index is 1.49. The van der Waals surface area contributed by atoms with Crippen molar-refractivity contribution in [3.05, 3.63) is 59.6 Å². The molecule has 9 heteroatoms. The third-order valence-corrected chi connectivity index (χ3v) is 5.32. The molecule has 1 fully saturated rings. The van der Waals surface area contributed by atoms with Crippen LogP contribution in [0.5, 0.6) is 0 Å². The van der Waals surface area contributed by atoms with Gasteiger partial charge in [0.1, 0.15) is 5.82 Å². The maximum atomic E-state index is 11.1. The summed E-state index contributed by atoms with van der Waals surface area (Å²) in [6, 6.07) is 10.8. The Bertz CT molecular complexity index is 1020. The lowest BCUT2D eigenvalue weighted by Gasteiger charge is -2.21. The summed E-state index contributed by atoms with van der Waals surface area (Å²) in [5, 5.41) is 16.5. The van der Waals surface area contributed by atoms with E-state index in [-0.39, 0.29) is 11.6 Å². The van der Waals surface area contributed by atoms with Crippen molar-refractivity contribution in [2.24, 2.45) is 0 Å². The molecule has 9 nitrogen and oxygen atoms in total. The summed E-state index contributed by atoms with van der Waals surface area (Å²) >= 11 is 0. The lowest BCUT2D eigenvalue weighted by Crippen LogP contribution is -2.23. The van der Waals surface area contributed by atoms with Crippen LogP contribution >= 0.6 is 0 Å². The second-order valence-electron chi connectivity index (χ2n) is 7.41. The molecule has 162 valence electrons. The molecular weight excluding hydrogens is 398 g/mol. The van der Waals surface area contributed by atoms with Gasteiger partial charge in [0.15, 0.2) is 0 Å². The van der Waals surface area contributed by atoms with Crippen molar-refractivity contribution in [1.82, 2.24) is 20.0 Å². The Morgan fingerprint density at radius 3 is 2.94 bits per heavy atom. The molecule has 0 bridgehead atoms. The van der Waals surface area contributed by atoms with Crippen LogP contribution in [0.2, 0.25) is 0 Å². The number of pyridine rings is 1. The van der Waals surface area contributed by atoms with E-state index in [9.17, 15) is 4.79 Å². The largest absolute Gasteiger partial charge is 0.478 e.